The van der Waals surface area contributed by atoms with Gasteiger partial charge in [0, 0.05) is 0 Å². The van der Waals surface area contributed by atoms with Crippen LogP contribution in [-0.2, 0) is 0 Å². The van der Waals surface area contributed by atoms with Crippen LogP contribution in [0.5, 0.6) is 5.75 Å². The first-order valence-corrected chi connectivity index (χ1v) is 9.86. The van der Waals surface area contributed by atoms with Crippen molar-refractivity contribution in [1.29, 1.82) is 0 Å². The van der Waals surface area contributed by atoms with Crippen LogP contribution in [0.15, 0.2) is 41.4 Å². The monoisotopic (exact) mass is 272 g/mol. The summed E-state index contributed by atoms with van der Waals surface area (Å²) in [6, 6.07) is 12.0. The molecule has 1 N–H and O–H groups in total. The highest BCUT2D eigenvalue weighted by Crippen LogP contribution is 2.17. The van der Waals surface area contributed by atoms with Crippen molar-refractivity contribution in [3.05, 3.63) is 42.1 Å². The summed E-state index contributed by atoms with van der Waals surface area (Å²) in [6.45, 7) is 6.97. The highest BCUT2D eigenvalue weighted by Gasteiger charge is 2.17. The van der Waals surface area contributed by atoms with Gasteiger partial charge >= 0.3 is 0 Å². The average molecular weight is 272 g/mol. The molecule has 0 saturated carbocycles. The molecule has 2 rings (SSSR count). The molecule has 1 aromatic carbocycles. The number of ether oxygens (including phenoxy) is 1. The van der Waals surface area contributed by atoms with E-state index in [0.29, 0.717) is 0 Å². The van der Waals surface area contributed by atoms with Crippen LogP contribution in [-0.4, -0.2) is 26.4 Å². The molecule has 0 aliphatic rings. The highest BCUT2D eigenvalue weighted by molar-refractivity contribution is 6.88. The van der Waals surface area contributed by atoms with Gasteiger partial charge in [-0.15, -0.1) is 0 Å². The second-order valence-electron chi connectivity index (χ2n) is 5.53. The van der Waals surface area contributed by atoms with Gasteiger partial charge in [-0.25, -0.2) is 0 Å². The van der Waals surface area contributed by atoms with E-state index in [1.807, 2.05) is 30.5 Å². The van der Waals surface area contributed by atoms with Gasteiger partial charge in [-0.1, -0.05) is 19.6 Å². The molecule has 1 aromatic heterocycles. The molecule has 0 atom stereocenters. The highest BCUT2D eigenvalue weighted by atomic mass is 28.3. The molecule has 1 heterocycles. The zero-order valence-corrected chi connectivity index (χ0v) is 12.9. The molecule has 0 aliphatic heterocycles. The van der Waals surface area contributed by atoms with Gasteiger partial charge in [-0.05, 0) is 41.7 Å². The largest absolute Gasteiger partial charge is 0.497 e. The van der Waals surface area contributed by atoms with Crippen LogP contribution in [0.25, 0.3) is 0 Å². The standard InChI is InChI=1S/C15H20N2OSi/c1-18-14-8-5-12(6-9-14)16-11-13-7-10-15(17-13)19(2,3)4/h5-11,17H,1-4H3/b16-11+. The number of hydrogen-bond donors (Lipinski definition) is 1. The molecule has 0 saturated heterocycles. The summed E-state index contributed by atoms with van der Waals surface area (Å²) in [5, 5.41) is 1.35. The average Bonchev–Trinajstić information content (AvgIpc) is 2.86. The van der Waals surface area contributed by atoms with Gasteiger partial charge in [0.25, 0.3) is 0 Å². The van der Waals surface area contributed by atoms with Crippen molar-refractivity contribution >= 4 is 25.3 Å². The van der Waals surface area contributed by atoms with Crippen LogP contribution in [0.4, 0.5) is 5.69 Å². The molecule has 0 radical (unpaired) electrons. The maximum atomic E-state index is 5.12. The van der Waals surface area contributed by atoms with Crippen molar-refractivity contribution in [2.75, 3.05) is 7.11 Å². The van der Waals surface area contributed by atoms with Crippen LogP contribution >= 0.6 is 0 Å². The number of rotatable bonds is 4. The number of nitrogens with zero attached hydrogens (tertiary/aromatic N) is 1. The summed E-state index contributed by atoms with van der Waals surface area (Å²) in [7, 11) is 0.395. The SMILES string of the molecule is COc1ccc(/N=C/c2ccc([Si](C)(C)C)[nH]2)cc1. The summed E-state index contributed by atoms with van der Waals surface area (Å²) in [4.78, 5) is 7.88. The summed E-state index contributed by atoms with van der Waals surface area (Å²) in [6.07, 6.45) is 1.87. The Morgan fingerprint density at radius 1 is 1.05 bits per heavy atom. The molecule has 19 heavy (non-hydrogen) atoms. The molecule has 100 valence electrons. The normalized spacial score (nSPS) is 12.0. The van der Waals surface area contributed by atoms with E-state index < -0.39 is 8.07 Å². The third kappa shape index (κ3) is 3.58. The molecule has 3 nitrogen and oxygen atoms in total. The molecule has 0 bridgehead atoms. The van der Waals surface area contributed by atoms with E-state index in [9.17, 15) is 0 Å². The van der Waals surface area contributed by atoms with Gasteiger partial charge in [0.1, 0.15) is 5.75 Å². The zero-order chi connectivity index (χ0) is 13.9. The molecule has 0 aliphatic carbocycles. The molecule has 0 spiro atoms. The Balaban J connectivity index is 2.11. The minimum absolute atomic E-state index is 0.847. The predicted octanol–water partition coefficient (Wildman–Crippen LogP) is 3.32. The summed E-state index contributed by atoms with van der Waals surface area (Å²) in [5.41, 5.74) is 1.97. The van der Waals surface area contributed by atoms with Crippen LogP contribution in [0.1, 0.15) is 5.69 Å². The maximum Gasteiger partial charge on any atom is 0.119 e. The van der Waals surface area contributed by atoms with Gasteiger partial charge in [-0.3, -0.25) is 4.99 Å². The minimum atomic E-state index is -1.27. The van der Waals surface area contributed by atoms with E-state index in [1.165, 1.54) is 5.32 Å². The second-order valence-corrected chi connectivity index (χ2v) is 10.6. The fourth-order valence-corrected chi connectivity index (χ4v) is 2.84. The Morgan fingerprint density at radius 3 is 2.26 bits per heavy atom. The Morgan fingerprint density at radius 2 is 1.74 bits per heavy atom. The van der Waals surface area contributed by atoms with Gasteiger partial charge in [0.15, 0.2) is 0 Å². The van der Waals surface area contributed by atoms with Crippen molar-refractivity contribution in [1.82, 2.24) is 4.98 Å². The summed E-state index contributed by atoms with van der Waals surface area (Å²) in [5.74, 6) is 0.847. The lowest BCUT2D eigenvalue weighted by Gasteiger charge is -2.12. The van der Waals surface area contributed by atoms with Gasteiger partial charge in [0.05, 0.1) is 32.8 Å². The number of aromatic amines is 1. The second kappa shape index (κ2) is 5.44. The lowest BCUT2D eigenvalue weighted by Crippen LogP contribution is -2.38. The Hall–Kier alpha value is -1.81. The number of H-pyrrole nitrogens is 1. The van der Waals surface area contributed by atoms with Gasteiger partial charge in [0.2, 0.25) is 0 Å². The molecular weight excluding hydrogens is 252 g/mol. The third-order valence-corrected chi connectivity index (χ3v) is 4.85. The summed E-state index contributed by atoms with van der Waals surface area (Å²) < 4.78 is 5.12. The van der Waals surface area contributed by atoms with Crippen LogP contribution in [0, 0.1) is 0 Å². The lowest BCUT2D eigenvalue weighted by molar-refractivity contribution is 0.415. The van der Waals surface area contributed by atoms with Crippen molar-refractivity contribution in [2.45, 2.75) is 19.6 Å². The fourth-order valence-electron chi connectivity index (χ4n) is 1.74. The van der Waals surface area contributed by atoms with E-state index in [2.05, 4.69) is 41.8 Å². The third-order valence-electron chi connectivity index (χ3n) is 2.94. The number of benzene rings is 1. The number of aromatic nitrogens is 1. The number of hydrogen-bond acceptors (Lipinski definition) is 2. The van der Waals surface area contributed by atoms with Gasteiger partial charge < -0.3 is 9.72 Å². The molecular formula is C15H20N2OSi. The van der Waals surface area contributed by atoms with E-state index in [1.54, 1.807) is 7.11 Å². The first-order valence-electron chi connectivity index (χ1n) is 6.36. The fraction of sp³-hybridized carbons (Fsp3) is 0.267. The summed E-state index contributed by atoms with van der Waals surface area (Å²) >= 11 is 0. The van der Waals surface area contributed by atoms with Gasteiger partial charge in [-0.2, -0.15) is 0 Å². The molecule has 0 fully saturated rings. The Labute approximate surface area is 115 Å². The zero-order valence-electron chi connectivity index (χ0n) is 11.9. The molecule has 0 unspecified atom stereocenters. The first kappa shape index (κ1) is 13.6. The lowest BCUT2D eigenvalue weighted by atomic mass is 10.3. The van der Waals surface area contributed by atoms with Crippen molar-refractivity contribution in [3.63, 3.8) is 0 Å². The molecule has 4 heteroatoms. The van der Waals surface area contributed by atoms with Crippen LogP contribution < -0.4 is 10.1 Å². The molecule has 2 aromatic rings. The van der Waals surface area contributed by atoms with E-state index in [4.69, 9.17) is 4.74 Å². The Bertz CT molecular complexity index is 565. The quantitative estimate of drug-likeness (QED) is 0.673. The molecule has 0 amide bonds. The Kier molecular flexibility index (Phi) is 3.90. The number of nitrogens with one attached hydrogen (secondary N) is 1. The van der Waals surface area contributed by atoms with E-state index in [-0.39, 0.29) is 0 Å². The van der Waals surface area contributed by atoms with Crippen molar-refractivity contribution in [3.8, 4) is 5.75 Å². The van der Waals surface area contributed by atoms with Crippen LogP contribution in [0.3, 0.4) is 0 Å². The van der Waals surface area contributed by atoms with E-state index in [0.717, 1.165) is 17.1 Å². The maximum absolute atomic E-state index is 5.12. The van der Waals surface area contributed by atoms with E-state index >= 15 is 0 Å². The minimum Gasteiger partial charge on any atom is -0.497 e. The van der Waals surface area contributed by atoms with Crippen molar-refractivity contribution in [2.24, 2.45) is 4.99 Å². The predicted molar refractivity (Wildman–Crippen MR) is 84.0 cm³/mol. The van der Waals surface area contributed by atoms with Crippen LogP contribution in [0.2, 0.25) is 19.6 Å². The van der Waals surface area contributed by atoms with Crippen molar-refractivity contribution < 1.29 is 4.74 Å². The number of aliphatic imine (C=N–C) groups is 1. The topological polar surface area (TPSA) is 37.4 Å². The first-order chi connectivity index (χ1) is 8.99. The smallest absolute Gasteiger partial charge is 0.119 e. The number of methoxy groups -OCH3 is 1.